The van der Waals surface area contributed by atoms with Crippen molar-refractivity contribution in [1.29, 1.82) is 0 Å². The van der Waals surface area contributed by atoms with E-state index in [1.807, 2.05) is 20.9 Å². The van der Waals surface area contributed by atoms with Crippen molar-refractivity contribution in [1.82, 2.24) is 15.1 Å². The third kappa shape index (κ3) is 3.93. The van der Waals surface area contributed by atoms with Gasteiger partial charge in [-0.25, -0.2) is 4.39 Å². The fourth-order valence-electron chi connectivity index (χ4n) is 2.55. The highest BCUT2D eigenvalue weighted by atomic mass is 19.1. The Labute approximate surface area is 150 Å². The van der Waals surface area contributed by atoms with Gasteiger partial charge in [-0.1, -0.05) is 0 Å². The molecule has 0 bridgehead atoms. The molecule has 0 spiro atoms. The predicted molar refractivity (Wildman–Crippen MR) is 93.3 cm³/mol. The smallest absolute Gasteiger partial charge is 0.287 e. The maximum absolute atomic E-state index is 12.9. The number of amides is 1. The van der Waals surface area contributed by atoms with Crippen LogP contribution in [-0.2, 0) is 13.7 Å². The highest BCUT2D eigenvalue weighted by Gasteiger charge is 2.18. The molecule has 3 rings (SSSR count). The van der Waals surface area contributed by atoms with Crippen LogP contribution in [0.1, 0.15) is 40.5 Å². The molecular weight excluding hydrogens is 337 g/mol. The summed E-state index contributed by atoms with van der Waals surface area (Å²) in [7, 11) is 1.85. The second-order valence-corrected chi connectivity index (χ2v) is 6.01. The van der Waals surface area contributed by atoms with Crippen molar-refractivity contribution >= 4 is 5.91 Å². The number of carbonyl (C=O) groups is 1. The molecule has 1 N–H and O–H groups in total. The molecule has 0 aliphatic rings. The Morgan fingerprint density at radius 2 is 2.04 bits per heavy atom. The zero-order valence-electron chi connectivity index (χ0n) is 14.8. The SMILES string of the molecule is Cc1c(C(C)NC(=O)c2ccc(COc3ccc(F)cc3)o2)cnn1C. The average Bonchev–Trinajstić information content (AvgIpc) is 3.22. The fraction of sp³-hybridized carbons (Fsp3) is 0.263. The quantitative estimate of drug-likeness (QED) is 0.733. The van der Waals surface area contributed by atoms with Crippen LogP contribution in [0.4, 0.5) is 4.39 Å². The molecular formula is C19H20FN3O3. The Morgan fingerprint density at radius 1 is 1.31 bits per heavy atom. The van der Waals surface area contributed by atoms with Gasteiger partial charge in [0.25, 0.3) is 5.91 Å². The van der Waals surface area contributed by atoms with Gasteiger partial charge >= 0.3 is 0 Å². The molecule has 1 unspecified atom stereocenters. The first-order chi connectivity index (χ1) is 12.4. The number of nitrogens with one attached hydrogen (secondary N) is 1. The van der Waals surface area contributed by atoms with E-state index >= 15 is 0 Å². The molecule has 136 valence electrons. The first-order valence-electron chi connectivity index (χ1n) is 8.20. The number of furan rings is 1. The molecule has 7 heteroatoms. The van der Waals surface area contributed by atoms with Crippen LogP contribution >= 0.6 is 0 Å². The van der Waals surface area contributed by atoms with Gasteiger partial charge in [0, 0.05) is 18.3 Å². The lowest BCUT2D eigenvalue weighted by atomic mass is 10.1. The number of aromatic nitrogens is 2. The number of rotatable bonds is 6. The fourth-order valence-corrected chi connectivity index (χ4v) is 2.55. The zero-order valence-corrected chi connectivity index (χ0v) is 14.8. The molecule has 1 aromatic carbocycles. The number of carbonyl (C=O) groups excluding carboxylic acids is 1. The largest absolute Gasteiger partial charge is 0.486 e. The Hall–Kier alpha value is -3.09. The molecule has 1 amide bonds. The van der Waals surface area contributed by atoms with Crippen molar-refractivity contribution in [3.05, 3.63) is 71.2 Å². The van der Waals surface area contributed by atoms with Crippen LogP contribution in [0.25, 0.3) is 0 Å². The van der Waals surface area contributed by atoms with Crippen LogP contribution in [0.15, 0.2) is 47.0 Å². The molecule has 2 heterocycles. The molecule has 1 atom stereocenters. The summed E-state index contributed by atoms with van der Waals surface area (Å²) in [4.78, 5) is 12.4. The van der Waals surface area contributed by atoms with Gasteiger partial charge in [0.2, 0.25) is 0 Å². The number of hydrogen-bond acceptors (Lipinski definition) is 4. The highest BCUT2D eigenvalue weighted by molar-refractivity contribution is 5.91. The molecule has 2 aromatic heterocycles. The summed E-state index contributed by atoms with van der Waals surface area (Å²) in [5, 5.41) is 7.07. The van der Waals surface area contributed by atoms with E-state index < -0.39 is 0 Å². The molecule has 0 aliphatic heterocycles. The number of nitrogens with zero attached hydrogens (tertiary/aromatic N) is 2. The minimum Gasteiger partial charge on any atom is -0.486 e. The zero-order chi connectivity index (χ0) is 18.7. The van der Waals surface area contributed by atoms with Crippen molar-refractivity contribution in [2.24, 2.45) is 7.05 Å². The van der Waals surface area contributed by atoms with Crippen LogP contribution < -0.4 is 10.1 Å². The van der Waals surface area contributed by atoms with Gasteiger partial charge < -0.3 is 14.5 Å². The summed E-state index contributed by atoms with van der Waals surface area (Å²) in [6, 6.07) is 8.78. The monoisotopic (exact) mass is 357 g/mol. The van der Waals surface area contributed by atoms with Gasteiger partial charge in [-0.2, -0.15) is 5.10 Å². The van der Waals surface area contributed by atoms with Gasteiger partial charge in [0.15, 0.2) is 5.76 Å². The van der Waals surface area contributed by atoms with Gasteiger partial charge in [-0.3, -0.25) is 9.48 Å². The van der Waals surface area contributed by atoms with E-state index in [9.17, 15) is 9.18 Å². The molecule has 0 saturated carbocycles. The summed E-state index contributed by atoms with van der Waals surface area (Å²) in [6.07, 6.45) is 1.74. The summed E-state index contributed by atoms with van der Waals surface area (Å²) < 4.78 is 25.7. The molecule has 6 nitrogen and oxygen atoms in total. The molecule has 0 saturated heterocycles. The van der Waals surface area contributed by atoms with Gasteiger partial charge in [-0.05, 0) is 50.2 Å². The molecule has 0 radical (unpaired) electrons. The lowest BCUT2D eigenvalue weighted by Gasteiger charge is -2.12. The Kier molecular flexibility index (Phi) is 5.06. The topological polar surface area (TPSA) is 69.3 Å². The maximum atomic E-state index is 12.9. The standard InChI is InChI=1S/C19H20FN3O3/c1-12(17-10-21-23(3)13(17)2)22-19(24)18-9-8-16(26-18)11-25-15-6-4-14(20)5-7-15/h4-10,12H,11H2,1-3H3,(H,22,24). The molecule has 26 heavy (non-hydrogen) atoms. The van der Waals surface area contributed by atoms with Crippen molar-refractivity contribution in [3.8, 4) is 5.75 Å². The van der Waals surface area contributed by atoms with E-state index in [1.165, 1.54) is 24.3 Å². The lowest BCUT2D eigenvalue weighted by molar-refractivity contribution is 0.0907. The maximum Gasteiger partial charge on any atom is 0.287 e. The Morgan fingerprint density at radius 3 is 2.69 bits per heavy atom. The van der Waals surface area contributed by atoms with Crippen LogP contribution in [0.5, 0.6) is 5.75 Å². The first-order valence-corrected chi connectivity index (χ1v) is 8.20. The summed E-state index contributed by atoms with van der Waals surface area (Å²) in [5.41, 5.74) is 1.94. The third-order valence-electron chi connectivity index (χ3n) is 4.17. The van der Waals surface area contributed by atoms with E-state index in [0.717, 1.165) is 11.3 Å². The van der Waals surface area contributed by atoms with Gasteiger partial charge in [0.05, 0.1) is 12.2 Å². The van der Waals surface area contributed by atoms with Crippen LogP contribution in [0, 0.1) is 12.7 Å². The predicted octanol–water partition coefficient (Wildman–Crippen LogP) is 3.53. The molecule has 3 aromatic rings. The highest BCUT2D eigenvalue weighted by Crippen LogP contribution is 2.18. The summed E-state index contributed by atoms with van der Waals surface area (Å²) in [6.45, 7) is 3.99. The van der Waals surface area contributed by atoms with Crippen LogP contribution in [0.2, 0.25) is 0 Å². The van der Waals surface area contributed by atoms with E-state index in [0.29, 0.717) is 11.5 Å². The number of halogens is 1. The minimum atomic E-state index is -0.327. The number of aryl methyl sites for hydroxylation is 1. The molecule has 0 aliphatic carbocycles. The second-order valence-electron chi connectivity index (χ2n) is 6.01. The van der Waals surface area contributed by atoms with Crippen molar-refractivity contribution in [2.45, 2.75) is 26.5 Å². The van der Waals surface area contributed by atoms with Gasteiger partial charge in [0.1, 0.15) is 23.9 Å². The van der Waals surface area contributed by atoms with Gasteiger partial charge in [-0.15, -0.1) is 0 Å². The summed E-state index contributed by atoms with van der Waals surface area (Å²) >= 11 is 0. The lowest BCUT2D eigenvalue weighted by Crippen LogP contribution is -2.26. The average molecular weight is 357 g/mol. The minimum absolute atomic E-state index is 0.149. The van der Waals surface area contributed by atoms with E-state index in [1.54, 1.807) is 23.0 Å². The van der Waals surface area contributed by atoms with Crippen molar-refractivity contribution in [2.75, 3.05) is 0 Å². The Balaban J connectivity index is 1.59. The number of benzene rings is 1. The number of ether oxygens (including phenoxy) is 1. The van der Waals surface area contributed by atoms with E-state index in [4.69, 9.17) is 9.15 Å². The normalized spacial score (nSPS) is 12.0. The van der Waals surface area contributed by atoms with E-state index in [2.05, 4.69) is 10.4 Å². The van der Waals surface area contributed by atoms with Crippen LogP contribution in [0.3, 0.4) is 0 Å². The second kappa shape index (κ2) is 7.43. The van der Waals surface area contributed by atoms with E-state index in [-0.39, 0.29) is 30.1 Å². The molecule has 0 fully saturated rings. The number of hydrogen-bond donors (Lipinski definition) is 1. The van der Waals surface area contributed by atoms with Crippen molar-refractivity contribution < 1.29 is 18.3 Å². The van der Waals surface area contributed by atoms with Crippen molar-refractivity contribution in [3.63, 3.8) is 0 Å². The Bertz CT molecular complexity index is 899. The third-order valence-corrected chi connectivity index (χ3v) is 4.17. The first kappa shape index (κ1) is 17.7. The summed E-state index contributed by atoms with van der Waals surface area (Å²) in [5.74, 6) is 0.594. The van der Waals surface area contributed by atoms with Crippen LogP contribution in [-0.4, -0.2) is 15.7 Å².